The maximum atomic E-state index is 11.3. The van der Waals surface area contributed by atoms with Gasteiger partial charge in [0.2, 0.25) is 0 Å². The Bertz CT molecular complexity index is 462. The minimum atomic E-state index is -0.524. The summed E-state index contributed by atoms with van der Waals surface area (Å²) >= 11 is 3.09. The van der Waals surface area contributed by atoms with E-state index in [0.29, 0.717) is 10.2 Å². The van der Waals surface area contributed by atoms with Crippen molar-refractivity contribution >= 4 is 33.3 Å². The fraction of sp³-hybridized carbons (Fsp3) is 0.100. The molecule has 0 heterocycles. The topological polar surface area (TPSA) is 84.3 Å². The van der Waals surface area contributed by atoms with Gasteiger partial charge in [0.1, 0.15) is 0 Å². The fourth-order valence-corrected chi connectivity index (χ4v) is 1.19. The third kappa shape index (κ3) is 4.64. The van der Waals surface area contributed by atoms with E-state index in [1.54, 1.807) is 6.07 Å². The van der Waals surface area contributed by atoms with Crippen LogP contribution in [-0.2, 0) is 0 Å². The van der Waals surface area contributed by atoms with Crippen molar-refractivity contribution in [2.24, 2.45) is 0 Å². The summed E-state index contributed by atoms with van der Waals surface area (Å²) in [6, 6.07) is 5.24. The molecule has 0 bridgehead atoms. The van der Waals surface area contributed by atoms with Crippen LogP contribution in [0.2, 0.25) is 0 Å². The highest BCUT2D eigenvalue weighted by Crippen LogP contribution is 2.16. The molecule has 0 atom stereocenters. The zero-order valence-corrected chi connectivity index (χ0v) is 10.4. The van der Waals surface area contributed by atoms with Crippen LogP contribution in [0.3, 0.4) is 0 Å². The molecule has 0 fully saturated rings. The summed E-state index contributed by atoms with van der Waals surface area (Å²) in [6.45, 7) is 3.83. The number of amides is 2. The van der Waals surface area contributed by atoms with Crippen molar-refractivity contribution in [3.05, 3.63) is 45.4 Å². The Labute approximate surface area is 106 Å². The molecule has 0 aliphatic heterocycles. The second kappa shape index (κ2) is 6.00. The normalized spacial score (nSPS) is 9.47. The van der Waals surface area contributed by atoms with E-state index in [9.17, 15) is 14.9 Å². The molecule has 0 radical (unpaired) electrons. The van der Waals surface area contributed by atoms with E-state index in [1.807, 2.05) is 0 Å². The van der Waals surface area contributed by atoms with E-state index < -0.39 is 11.0 Å². The highest BCUT2D eigenvalue weighted by molar-refractivity contribution is 9.11. The molecule has 1 aromatic carbocycles. The first kappa shape index (κ1) is 13.2. The predicted octanol–water partition coefficient (Wildman–Crippen LogP) is 2.62. The van der Waals surface area contributed by atoms with Gasteiger partial charge in [-0.1, -0.05) is 28.6 Å². The summed E-state index contributed by atoms with van der Waals surface area (Å²) in [5, 5.41) is 15.5. The number of nitrogens with zero attached hydrogens (tertiary/aromatic N) is 1. The highest BCUT2D eigenvalue weighted by Gasteiger charge is 2.07. The van der Waals surface area contributed by atoms with Gasteiger partial charge in [0.05, 0.1) is 11.5 Å². The molecule has 0 unspecified atom stereocenters. The van der Waals surface area contributed by atoms with Crippen LogP contribution in [0.15, 0.2) is 35.3 Å². The van der Waals surface area contributed by atoms with E-state index in [2.05, 4.69) is 33.1 Å². The monoisotopic (exact) mass is 299 g/mol. The second-order valence-corrected chi connectivity index (χ2v) is 4.25. The lowest BCUT2D eigenvalue weighted by atomic mass is 10.3. The van der Waals surface area contributed by atoms with Crippen LogP contribution in [0.25, 0.3) is 0 Å². The Hall–Kier alpha value is -1.89. The standard InChI is InChI=1S/C10H10BrN3O3/c1-7(11)6-12-10(15)13-8-3-2-4-9(5-8)14(16)17/h2-5H,1,6H2,(H2,12,13,15). The van der Waals surface area contributed by atoms with Gasteiger partial charge in [-0.2, -0.15) is 0 Å². The van der Waals surface area contributed by atoms with Crippen LogP contribution >= 0.6 is 15.9 Å². The van der Waals surface area contributed by atoms with E-state index in [0.717, 1.165) is 0 Å². The molecule has 0 spiro atoms. The molecule has 1 aromatic rings. The number of urea groups is 1. The van der Waals surface area contributed by atoms with Gasteiger partial charge in [-0.25, -0.2) is 4.79 Å². The van der Waals surface area contributed by atoms with Crippen molar-refractivity contribution in [2.75, 3.05) is 11.9 Å². The zero-order valence-electron chi connectivity index (χ0n) is 8.77. The minimum Gasteiger partial charge on any atom is -0.333 e. The van der Waals surface area contributed by atoms with E-state index in [4.69, 9.17) is 0 Å². The van der Waals surface area contributed by atoms with Gasteiger partial charge in [0.25, 0.3) is 5.69 Å². The number of nitro benzene ring substituents is 1. The molecule has 1 rings (SSSR count). The number of rotatable bonds is 4. The van der Waals surface area contributed by atoms with E-state index >= 15 is 0 Å². The van der Waals surface area contributed by atoms with Crippen molar-refractivity contribution in [1.82, 2.24) is 5.32 Å². The lowest BCUT2D eigenvalue weighted by molar-refractivity contribution is -0.384. The van der Waals surface area contributed by atoms with Crippen LogP contribution in [0, 0.1) is 10.1 Å². The second-order valence-electron chi connectivity index (χ2n) is 3.13. The quantitative estimate of drug-likeness (QED) is 0.662. The van der Waals surface area contributed by atoms with Crippen LogP contribution < -0.4 is 10.6 Å². The average molecular weight is 300 g/mol. The molecule has 7 heteroatoms. The van der Waals surface area contributed by atoms with Gasteiger partial charge in [0.15, 0.2) is 0 Å². The first-order valence-corrected chi connectivity index (χ1v) is 5.41. The SMILES string of the molecule is C=C(Br)CNC(=O)Nc1cccc([N+](=O)[O-])c1. The minimum absolute atomic E-state index is 0.0762. The van der Waals surface area contributed by atoms with Crippen molar-refractivity contribution in [2.45, 2.75) is 0 Å². The van der Waals surface area contributed by atoms with Gasteiger partial charge in [-0.15, -0.1) is 0 Å². The predicted molar refractivity (Wildman–Crippen MR) is 68.2 cm³/mol. The number of hydrogen-bond acceptors (Lipinski definition) is 3. The van der Waals surface area contributed by atoms with E-state index in [1.165, 1.54) is 18.2 Å². The largest absolute Gasteiger partial charge is 0.333 e. The van der Waals surface area contributed by atoms with Crippen LogP contribution in [-0.4, -0.2) is 17.5 Å². The van der Waals surface area contributed by atoms with Gasteiger partial charge in [0, 0.05) is 22.3 Å². The third-order valence-electron chi connectivity index (χ3n) is 1.76. The summed E-state index contributed by atoms with van der Waals surface area (Å²) in [5.74, 6) is 0. The summed E-state index contributed by atoms with van der Waals surface area (Å²) in [6.07, 6.45) is 0. The van der Waals surface area contributed by atoms with Crippen molar-refractivity contribution < 1.29 is 9.72 Å². The summed E-state index contributed by atoms with van der Waals surface area (Å²) in [4.78, 5) is 21.3. The molecule has 2 N–H and O–H groups in total. The lowest BCUT2D eigenvalue weighted by Crippen LogP contribution is -2.29. The number of non-ortho nitro benzene ring substituents is 1. The molecule has 0 aromatic heterocycles. The third-order valence-corrected chi connectivity index (χ3v) is 2.04. The Morgan fingerprint density at radius 2 is 2.24 bits per heavy atom. The smallest absolute Gasteiger partial charge is 0.319 e. The molecule has 0 saturated heterocycles. The number of carbonyl (C=O) groups excluding carboxylic acids is 1. The first-order chi connectivity index (χ1) is 7.99. The number of nitro groups is 1. The molecule has 2 amide bonds. The first-order valence-electron chi connectivity index (χ1n) is 4.61. The lowest BCUT2D eigenvalue weighted by Gasteiger charge is -2.06. The van der Waals surface area contributed by atoms with Gasteiger partial charge in [-0.05, 0) is 6.07 Å². The summed E-state index contributed by atoms with van der Waals surface area (Å²) in [7, 11) is 0. The van der Waals surface area contributed by atoms with Crippen molar-refractivity contribution in [3.8, 4) is 0 Å². The van der Waals surface area contributed by atoms with E-state index in [-0.39, 0.29) is 12.2 Å². The van der Waals surface area contributed by atoms with Gasteiger partial charge < -0.3 is 10.6 Å². The number of carbonyl (C=O) groups is 1. The molecule has 0 saturated carbocycles. The number of nitrogens with one attached hydrogen (secondary N) is 2. The number of halogens is 1. The highest BCUT2D eigenvalue weighted by atomic mass is 79.9. The molecular weight excluding hydrogens is 290 g/mol. The summed E-state index contributed by atoms with van der Waals surface area (Å²) < 4.78 is 0.631. The van der Waals surface area contributed by atoms with Crippen molar-refractivity contribution in [3.63, 3.8) is 0 Å². The average Bonchev–Trinajstić information content (AvgIpc) is 2.26. The van der Waals surface area contributed by atoms with Crippen LogP contribution in [0.1, 0.15) is 0 Å². The molecule has 90 valence electrons. The van der Waals surface area contributed by atoms with Crippen molar-refractivity contribution in [1.29, 1.82) is 0 Å². The Kier molecular flexibility index (Phi) is 4.65. The maximum absolute atomic E-state index is 11.3. The zero-order chi connectivity index (χ0) is 12.8. The fourth-order valence-electron chi connectivity index (χ4n) is 1.05. The number of anilines is 1. The maximum Gasteiger partial charge on any atom is 0.319 e. The van der Waals surface area contributed by atoms with Gasteiger partial charge in [-0.3, -0.25) is 10.1 Å². The van der Waals surface area contributed by atoms with Crippen LogP contribution in [0.4, 0.5) is 16.2 Å². The molecule has 0 aliphatic rings. The number of benzene rings is 1. The summed E-state index contributed by atoms with van der Waals surface area (Å²) in [5.41, 5.74) is 0.282. The van der Waals surface area contributed by atoms with Gasteiger partial charge >= 0.3 is 6.03 Å². The van der Waals surface area contributed by atoms with Crippen LogP contribution in [0.5, 0.6) is 0 Å². The Morgan fingerprint density at radius 3 is 2.82 bits per heavy atom. The molecular formula is C10H10BrN3O3. The molecule has 0 aliphatic carbocycles. The molecule has 17 heavy (non-hydrogen) atoms. The Morgan fingerprint density at radius 1 is 1.53 bits per heavy atom. The Balaban J connectivity index is 2.62. The number of hydrogen-bond donors (Lipinski definition) is 2. The molecule has 6 nitrogen and oxygen atoms in total.